The zero-order valence-electron chi connectivity index (χ0n) is 8.42. The third-order valence-corrected chi connectivity index (χ3v) is 2.94. The molecule has 1 saturated heterocycles. The first-order valence-corrected chi connectivity index (χ1v) is 5.18. The third kappa shape index (κ3) is 2.07. The van der Waals surface area contributed by atoms with Gasteiger partial charge in [0.2, 0.25) is 5.91 Å². The largest absolute Gasteiger partial charge is 0.495 e. The summed E-state index contributed by atoms with van der Waals surface area (Å²) >= 11 is 5.92. The van der Waals surface area contributed by atoms with Gasteiger partial charge in [0.05, 0.1) is 12.1 Å². The van der Waals surface area contributed by atoms with E-state index in [4.69, 9.17) is 16.3 Å². The number of hydrogen-bond donors (Lipinski definition) is 1. The molecule has 0 spiro atoms. The van der Waals surface area contributed by atoms with Gasteiger partial charge in [0.25, 0.3) is 0 Å². The van der Waals surface area contributed by atoms with Gasteiger partial charge in [0.15, 0.2) is 0 Å². The van der Waals surface area contributed by atoms with Crippen molar-refractivity contribution in [1.29, 1.82) is 0 Å². The highest BCUT2D eigenvalue weighted by atomic mass is 35.5. The van der Waals surface area contributed by atoms with Crippen LogP contribution in [-0.2, 0) is 4.79 Å². The van der Waals surface area contributed by atoms with Gasteiger partial charge in [-0.1, -0.05) is 17.7 Å². The van der Waals surface area contributed by atoms with Crippen molar-refractivity contribution in [2.24, 2.45) is 0 Å². The number of carbonyl (C=O) groups excluding carboxylic acids is 1. The Hall–Kier alpha value is -1.22. The lowest BCUT2D eigenvalue weighted by Gasteiger charge is -2.10. The molecule has 1 unspecified atom stereocenters. The van der Waals surface area contributed by atoms with Crippen LogP contribution < -0.4 is 10.1 Å². The zero-order chi connectivity index (χ0) is 10.8. The Kier molecular flexibility index (Phi) is 2.82. The summed E-state index contributed by atoms with van der Waals surface area (Å²) in [4.78, 5) is 11.1. The summed E-state index contributed by atoms with van der Waals surface area (Å²) in [5.74, 6) is 1.01. The Morgan fingerprint density at radius 2 is 2.33 bits per heavy atom. The average molecular weight is 226 g/mol. The molecular formula is C11H12ClNO2. The first-order chi connectivity index (χ1) is 7.20. The molecule has 0 aromatic heterocycles. The molecule has 1 aliphatic rings. The van der Waals surface area contributed by atoms with Gasteiger partial charge in [-0.15, -0.1) is 0 Å². The molecule has 1 fully saturated rings. The van der Waals surface area contributed by atoms with E-state index in [9.17, 15) is 4.79 Å². The van der Waals surface area contributed by atoms with E-state index in [1.807, 2.05) is 12.1 Å². The number of nitrogens with one attached hydrogen (secondary N) is 1. The Morgan fingerprint density at radius 1 is 1.53 bits per heavy atom. The summed E-state index contributed by atoms with van der Waals surface area (Å²) in [6.45, 7) is 0.698. The molecule has 1 aromatic carbocycles. The maximum absolute atomic E-state index is 11.1. The maximum Gasteiger partial charge on any atom is 0.220 e. The van der Waals surface area contributed by atoms with Gasteiger partial charge in [0.1, 0.15) is 5.75 Å². The molecule has 80 valence electrons. The minimum atomic E-state index is 0.105. The maximum atomic E-state index is 11.1. The number of hydrogen-bond acceptors (Lipinski definition) is 2. The van der Waals surface area contributed by atoms with Crippen molar-refractivity contribution < 1.29 is 9.53 Å². The SMILES string of the molecule is COc1cc(C2CNC(=O)C2)ccc1Cl. The van der Waals surface area contributed by atoms with E-state index < -0.39 is 0 Å². The predicted octanol–water partition coefficient (Wildman–Crippen LogP) is 1.95. The van der Waals surface area contributed by atoms with Gasteiger partial charge in [-0.05, 0) is 17.7 Å². The lowest BCUT2D eigenvalue weighted by Crippen LogP contribution is -2.13. The van der Waals surface area contributed by atoms with E-state index >= 15 is 0 Å². The van der Waals surface area contributed by atoms with E-state index in [1.54, 1.807) is 13.2 Å². The lowest BCUT2D eigenvalue weighted by molar-refractivity contribution is -0.119. The van der Waals surface area contributed by atoms with Crippen LogP contribution in [0, 0.1) is 0 Å². The number of carbonyl (C=O) groups is 1. The number of methoxy groups -OCH3 is 1. The molecule has 1 heterocycles. The topological polar surface area (TPSA) is 38.3 Å². The Bertz CT molecular complexity index is 392. The lowest BCUT2D eigenvalue weighted by atomic mass is 9.98. The van der Waals surface area contributed by atoms with Crippen molar-refractivity contribution in [1.82, 2.24) is 5.32 Å². The van der Waals surface area contributed by atoms with Gasteiger partial charge in [-0.2, -0.15) is 0 Å². The number of benzene rings is 1. The van der Waals surface area contributed by atoms with Crippen LogP contribution in [0.2, 0.25) is 5.02 Å². The molecule has 0 bridgehead atoms. The van der Waals surface area contributed by atoms with Crippen LogP contribution >= 0.6 is 11.6 Å². The average Bonchev–Trinajstić information content (AvgIpc) is 2.66. The summed E-state index contributed by atoms with van der Waals surface area (Å²) < 4.78 is 5.13. The highest BCUT2D eigenvalue weighted by Crippen LogP contribution is 2.30. The summed E-state index contributed by atoms with van der Waals surface area (Å²) in [6, 6.07) is 5.64. The van der Waals surface area contributed by atoms with E-state index in [-0.39, 0.29) is 11.8 Å². The van der Waals surface area contributed by atoms with E-state index in [2.05, 4.69) is 5.32 Å². The molecular weight excluding hydrogens is 214 g/mol. The molecule has 0 saturated carbocycles. The number of rotatable bonds is 2. The van der Waals surface area contributed by atoms with E-state index in [0.29, 0.717) is 23.7 Å². The van der Waals surface area contributed by atoms with E-state index in [0.717, 1.165) is 5.56 Å². The zero-order valence-corrected chi connectivity index (χ0v) is 9.17. The Morgan fingerprint density at radius 3 is 2.93 bits per heavy atom. The Balaban J connectivity index is 2.25. The van der Waals surface area contributed by atoms with Crippen molar-refractivity contribution in [3.05, 3.63) is 28.8 Å². The summed E-state index contributed by atoms with van der Waals surface area (Å²) in [5, 5.41) is 3.40. The van der Waals surface area contributed by atoms with Gasteiger partial charge in [-0.25, -0.2) is 0 Å². The van der Waals surface area contributed by atoms with Crippen LogP contribution in [0.4, 0.5) is 0 Å². The van der Waals surface area contributed by atoms with Crippen LogP contribution in [-0.4, -0.2) is 19.6 Å². The fourth-order valence-electron chi connectivity index (χ4n) is 1.77. The second-order valence-electron chi connectivity index (χ2n) is 3.60. The van der Waals surface area contributed by atoms with Crippen LogP contribution in [0.5, 0.6) is 5.75 Å². The molecule has 15 heavy (non-hydrogen) atoms. The van der Waals surface area contributed by atoms with Crippen molar-refractivity contribution in [2.75, 3.05) is 13.7 Å². The fourth-order valence-corrected chi connectivity index (χ4v) is 1.97. The molecule has 1 aromatic rings. The van der Waals surface area contributed by atoms with Crippen LogP contribution in [0.3, 0.4) is 0 Å². The minimum absolute atomic E-state index is 0.105. The quantitative estimate of drug-likeness (QED) is 0.836. The predicted molar refractivity (Wildman–Crippen MR) is 58.4 cm³/mol. The van der Waals surface area contributed by atoms with Crippen molar-refractivity contribution in [2.45, 2.75) is 12.3 Å². The van der Waals surface area contributed by atoms with E-state index in [1.165, 1.54) is 0 Å². The Labute approximate surface area is 93.4 Å². The number of halogens is 1. The van der Waals surface area contributed by atoms with Crippen LogP contribution in [0.25, 0.3) is 0 Å². The molecule has 1 aliphatic heterocycles. The van der Waals surface area contributed by atoms with Gasteiger partial charge < -0.3 is 10.1 Å². The third-order valence-electron chi connectivity index (χ3n) is 2.62. The molecule has 3 nitrogen and oxygen atoms in total. The summed E-state index contributed by atoms with van der Waals surface area (Å²) in [7, 11) is 1.59. The van der Waals surface area contributed by atoms with Crippen molar-refractivity contribution >= 4 is 17.5 Å². The smallest absolute Gasteiger partial charge is 0.220 e. The molecule has 1 atom stereocenters. The van der Waals surface area contributed by atoms with Gasteiger partial charge in [0, 0.05) is 18.9 Å². The highest BCUT2D eigenvalue weighted by molar-refractivity contribution is 6.32. The van der Waals surface area contributed by atoms with Gasteiger partial charge >= 0.3 is 0 Å². The second kappa shape index (κ2) is 4.11. The molecule has 2 rings (SSSR count). The first-order valence-electron chi connectivity index (χ1n) is 4.81. The molecule has 0 radical (unpaired) electrons. The molecule has 1 N–H and O–H groups in total. The monoisotopic (exact) mass is 225 g/mol. The number of ether oxygens (including phenoxy) is 1. The molecule has 4 heteroatoms. The highest BCUT2D eigenvalue weighted by Gasteiger charge is 2.23. The fraction of sp³-hybridized carbons (Fsp3) is 0.364. The van der Waals surface area contributed by atoms with Crippen LogP contribution in [0.15, 0.2) is 18.2 Å². The normalized spacial score (nSPS) is 20.1. The standard InChI is InChI=1S/C11H12ClNO2/c1-15-10-4-7(2-3-9(10)12)8-5-11(14)13-6-8/h2-4,8H,5-6H2,1H3,(H,13,14). The molecule has 0 aliphatic carbocycles. The summed E-state index contributed by atoms with van der Waals surface area (Å²) in [6.07, 6.45) is 0.546. The van der Waals surface area contributed by atoms with Crippen LogP contribution in [0.1, 0.15) is 17.9 Å². The minimum Gasteiger partial charge on any atom is -0.495 e. The van der Waals surface area contributed by atoms with Gasteiger partial charge in [-0.3, -0.25) is 4.79 Å². The molecule has 1 amide bonds. The number of amides is 1. The first kappa shape index (κ1) is 10.3. The van der Waals surface area contributed by atoms with Crippen molar-refractivity contribution in [3.63, 3.8) is 0 Å². The summed E-state index contributed by atoms with van der Waals surface area (Å²) in [5.41, 5.74) is 1.09. The van der Waals surface area contributed by atoms with Crippen molar-refractivity contribution in [3.8, 4) is 5.75 Å². The second-order valence-corrected chi connectivity index (χ2v) is 4.01.